The first kappa shape index (κ1) is 45.1. The van der Waals surface area contributed by atoms with E-state index in [0.717, 1.165) is 16.7 Å². The zero-order valence-electron chi connectivity index (χ0n) is 33.8. The number of carbonyl (C=O) groups is 2. The number of esters is 2. The first-order valence-corrected chi connectivity index (χ1v) is 23.1. The molecule has 0 aromatic heterocycles. The maximum Gasteiger partial charge on any atom is 0.303 e. The Morgan fingerprint density at radius 3 is 1.70 bits per heavy atom. The molecule has 0 bridgehead atoms. The molecule has 0 aliphatic carbocycles. The molecule has 3 aromatic rings. The van der Waals surface area contributed by atoms with Gasteiger partial charge in [0.15, 0.2) is 20.9 Å². The van der Waals surface area contributed by atoms with E-state index in [1.54, 1.807) is 0 Å². The first-order chi connectivity index (χ1) is 27.1. The van der Waals surface area contributed by atoms with Crippen LogP contribution in [0.4, 0.5) is 0 Å². The number of hydrogen-bond donors (Lipinski definition) is 1. The highest BCUT2D eigenvalue weighted by atomic mass is 79.9. The fourth-order valence-electron chi connectivity index (χ4n) is 6.41. The normalized spacial score (nSPS) is 28.1. The summed E-state index contributed by atoms with van der Waals surface area (Å²) >= 11 is 3.78. The summed E-state index contributed by atoms with van der Waals surface area (Å²) in [5.41, 5.74) is 2.73. The third kappa shape index (κ3) is 12.7. The van der Waals surface area contributed by atoms with Gasteiger partial charge in [0.25, 0.3) is 0 Å². The molecular formula is C43H57BrO12Si. The Morgan fingerprint density at radius 2 is 1.19 bits per heavy atom. The molecule has 2 fully saturated rings. The fraction of sp³-hybridized carbons (Fsp3) is 0.535. The number of benzene rings is 3. The lowest BCUT2D eigenvalue weighted by Crippen LogP contribution is -2.66. The molecule has 0 spiro atoms. The van der Waals surface area contributed by atoms with Gasteiger partial charge in [-0.05, 0) is 34.8 Å². The van der Waals surface area contributed by atoms with Crippen LogP contribution < -0.4 is 0 Å². The van der Waals surface area contributed by atoms with E-state index >= 15 is 0 Å². The molecule has 2 saturated heterocycles. The Balaban J connectivity index is 1.51. The van der Waals surface area contributed by atoms with Gasteiger partial charge in [-0.3, -0.25) is 9.59 Å². The molecular weight excluding hydrogens is 816 g/mol. The number of alkyl halides is 1. The van der Waals surface area contributed by atoms with Gasteiger partial charge in [0.2, 0.25) is 0 Å². The fourth-order valence-corrected chi connectivity index (χ4v) is 8.39. The highest BCUT2D eigenvalue weighted by molar-refractivity contribution is 9.09. The Kier molecular flexibility index (Phi) is 16.4. The van der Waals surface area contributed by atoms with Gasteiger partial charge in [-0.1, -0.05) is 128 Å². The van der Waals surface area contributed by atoms with E-state index < -0.39 is 80.4 Å². The highest BCUT2D eigenvalue weighted by Gasteiger charge is 2.55. The molecule has 10 atom stereocenters. The second-order valence-electron chi connectivity index (χ2n) is 15.9. The lowest BCUT2D eigenvalue weighted by molar-refractivity contribution is -0.347. The molecule has 12 nitrogen and oxygen atoms in total. The molecule has 2 heterocycles. The van der Waals surface area contributed by atoms with Crippen molar-refractivity contribution < 1.29 is 57.0 Å². The van der Waals surface area contributed by atoms with Gasteiger partial charge in [-0.25, -0.2) is 0 Å². The van der Waals surface area contributed by atoms with Crippen molar-refractivity contribution in [2.75, 3.05) is 13.2 Å². The smallest absolute Gasteiger partial charge is 0.303 e. The third-order valence-electron chi connectivity index (χ3n) is 10.4. The second-order valence-corrected chi connectivity index (χ2v) is 21.7. The summed E-state index contributed by atoms with van der Waals surface area (Å²) in [5, 5.41) is 11.4. The minimum atomic E-state index is -2.51. The summed E-state index contributed by atoms with van der Waals surface area (Å²) in [7, 11) is -2.51. The van der Waals surface area contributed by atoms with Crippen LogP contribution in [-0.2, 0) is 71.7 Å². The largest absolute Gasteiger partial charge is 0.463 e. The van der Waals surface area contributed by atoms with Gasteiger partial charge in [0, 0.05) is 13.8 Å². The molecule has 2 aliphatic heterocycles. The Hall–Kier alpha value is -3.02. The quantitative estimate of drug-likeness (QED) is 0.0863. The van der Waals surface area contributed by atoms with Gasteiger partial charge in [0.1, 0.15) is 54.2 Å². The Labute approximate surface area is 345 Å². The van der Waals surface area contributed by atoms with Crippen LogP contribution in [0.2, 0.25) is 18.1 Å². The van der Waals surface area contributed by atoms with Crippen LogP contribution in [0.1, 0.15) is 51.3 Å². The summed E-state index contributed by atoms with van der Waals surface area (Å²) in [4.78, 5) is 24.1. The van der Waals surface area contributed by atoms with Crippen LogP contribution in [0.25, 0.3) is 0 Å². The number of rotatable bonds is 17. The highest BCUT2D eigenvalue weighted by Crippen LogP contribution is 2.42. The van der Waals surface area contributed by atoms with E-state index in [9.17, 15) is 14.7 Å². The molecule has 57 heavy (non-hydrogen) atoms. The second kappa shape index (κ2) is 20.8. The number of carbonyl (C=O) groups excluding carboxylic acids is 2. The monoisotopic (exact) mass is 872 g/mol. The summed E-state index contributed by atoms with van der Waals surface area (Å²) in [6.45, 7) is 13.5. The van der Waals surface area contributed by atoms with E-state index in [2.05, 4.69) is 49.8 Å². The molecule has 2 aliphatic rings. The van der Waals surface area contributed by atoms with Crippen molar-refractivity contribution in [1.82, 2.24) is 0 Å². The number of ether oxygens (including phenoxy) is 8. The Bertz CT molecular complexity index is 1680. The first-order valence-electron chi connectivity index (χ1n) is 19.3. The average molecular weight is 874 g/mol. The maximum absolute atomic E-state index is 12.7. The van der Waals surface area contributed by atoms with E-state index in [0.29, 0.717) is 0 Å². The standard InChI is InChI=1S/C43H57BrO12Si/c1-28(45)49-27-34-37(56-57(6,7)43(3,4)5)38(52-29(2)46)35(44)42(54-34)55-36-33(26-48-23-30-17-11-8-12-18-30)53-41(47)40(51-25-32-21-15-10-16-22-32)39(36)50-24-31-19-13-9-14-20-31/h8-22,33-42,47H,23-27H2,1-7H3/t33-,34-,35-,36-,37-,38-,39+,40-,41+,42+/m1/s1. The maximum atomic E-state index is 12.7. The van der Waals surface area contributed by atoms with Crippen molar-refractivity contribution in [1.29, 1.82) is 0 Å². The zero-order chi connectivity index (χ0) is 41.2. The third-order valence-corrected chi connectivity index (χ3v) is 15.9. The van der Waals surface area contributed by atoms with Gasteiger partial charge in [0.05, 0.1) is 26.4 Å². The van der Waals surface area contributed by atoms with Crippen LogP contribution in [0.3, 0.4) is 0 Å². The van der Waals surface area contributed by atoms with Crippen LogP contribution in [0.15, 0.2) is 91.0 Å². The van der Waals surface area contributed by atoms with E-state index in [1.807, 2.05) is 91.0 Å². The van der Waals surface area contributed by atoms with E-state index in [-0.39, 0.29) is 38.1 Å². The lowest BCUT2D eigenvalue weighted by atomic mass is 9.97. The van der Waals surface area contributed by atoms with Crippen molar-refractivity contribution in [3.05, 3.63) is 108 Å². The lowest BCUT2D eigenvalue weighted by Gasteiger charge is -2.50. The van der Waals surface area contributed by atoms with Crippen molar-refractivity contribution in [2.45, 2.75) is 133 Å². The van der Waals surface area contributed by atoms with Gasteiger partial charge < -0.3 is 47.4 Å². The van der Waals surface area contributed by atoms with Crippen molar-refractivity contribution in [3.8, 4) is 0 Å². The van der Waals surface area contributed by atoms with Crippen molar-refractivity contribution in [2.24, 2.45) is 0 Å². The molecule has 0 saturated carbocycles. The van der Waals surface area contributed by atoms with E-state index in [1.165, 1.54) is 13.8 Å². The molecule has 0 unspecified atom stereocenters. The summed E-state index contributed by atoms with van der Waals surface area (Å²) in [6.07, 6.45) is -8.99. The van der Waals surface area contributed by atoms with Crippen LogP contribution in [-0.4, -0.2) is 98.7 Å². The molecule has 0 radical (unpaired) electrons. The minimum Gasteiger partial charge on any atom is -0.463 e. The predicted molar refractivity (Wildman–Crippen MR) is 218 cm³/mol. The predicted octanol–water partition coefficient (Wildman–Crippen LogP) is 6.85. The number of aliphatic hydroxyl groups is 1. The van der Waals surface area contributed by atoms with Crippen LogP contribution >= 0.6 is 15.9 Å². The van der Waals surface area contributed by atoms with Crippen molar-refractivity contribution >= 4 is 36.2 Å². The number of aliphatic hydroxyl groups excluding tert-OH is 1. The molecule has 3 aromatic carbocycles. The van der Waals surface area contributed by atoms with Gasteiger partial charge >= 0.3 is 11.9 Å². The minimum absolute atomic E-state index is 0.00819. The van der Waals surface area contributed by atoms with Crippen LogP contribution in [0, 0.1) is 0 Å². The topological polar surface area (TPSA) is 137 Å². The molecule has 1 N–H and O–H groups in total. The van der Waals surface area contributed by atoms with Gasteiger partial charge in [-0.15, -0.1) is 0 Å². The molecule has 0 amide bonds. The summed E-state index contributed by atoms with van der Waals surface area (Å²) < 4.78 is 57.5. The summed E-state index contributed by atoms with van der Waals surface area (Å²) in [5.74, 6) is -1.04. The van der Waals surface area contributed by atoms with Gasteiger partial charge in [-0.2, -0.15) is 0 Å². The SMILES string of the molecule is CC(=O)OC[C@H]1O[C@@H](O[C@H]2[C@H](OCc3ccccc3)[C@@H](OCc3ccccc3)[C@@H](O)O[C@@H]2COCc2ccccc2)[C@H](Br)[C@@H](OC(C)=O)[C@@H]1O[Si](C)(C)C(C)(C)C. The Morgan fingerprint density at radius 1 is 0.684 bits per heavy atom. The van der Waals surface area contributed by atoms with Crippen molar-refractivity contribution in [3.63, 3.8) is 0 Å². The summed E-state index contributed by atoms with van der Waals surface area (Å²) in [6, 6.07) is 28.9. The van der Waals surface area contributed by atoms with E-state index in [4.69, 9.17) is 42.3 Å². The molecule has 5 rings (SSSR count). The number of halogens is 1. The zero-order valence-corrected chi connectivity index (χ0v) is 36.4. The molecule has 312 valence electrons. The number of hydrogen-bond acceptors (Lipinski definition) is 12. The molecule has 14 heteroatoms. The van der Waals surface area contributed by atoms with Crippen LogP contribution in [0.5, 0.6) is 0 Å². The average Bonchev–Trinajstić information content (AvgIpc) is 3.17.